The Morgan fingerprint density at radius 3 is 2.65 bits per heavy atom. The van der Waals surface area contributed by atoms with Gasteiger partial charge >= 0.3 is 0 Å². The van der Waals surface area contributed by atoms with E-state index >= 15 is 0 Å². The van der Waals surface area contributed by atoms with Crippen molar-refractivity contribution in [2.24, 2.45) is 5.41 Å². The van der Waals surface area contributed by atoms with Gasteiger partial charge in [0.25, 0.3) is 0 Å². The molecule has 0 radical (unpaired) electrons. The second kappa shape index (κ2) is 6.57. The summed E-state index contributed by atoms with van der Waals surface area (Å²) in [6, 6.07) is 5.33. The molecule has 1 aliphatic rings. The Morgan fingerprint density at radius 1 is 1.35 bits per heavy atom. The number of benzene rings is 1. The predicted octanol–water partition coefficient (Wildman–Crippen LogP) is 4.46. The van der Waals surface area contributed by atoms with Gasteiger partial charge < -0.3 is 10.1 Å². The highest BCUT2D eigenvalue weighted by atomic mass is 19.1. The first-order chi connectivity index (χ1) is 9.60. The van der Waals surface area contributed by atoms with Crippen LogP contribution in [0.2, 0.25) is 0 Å². The van der Waals surface area contributed by atoms with Gasteiger partial charge in [0.1, 0.15) is 0 Å². The summed E-state index contributed by atoms with van der Waals surface area (Å²) in [4.78, 5) is 0. The van der Waals surface area contributed by atoms with Crippen molar-refractivity contribution >= 4 is 0 Å². The molecule has 112 valence electrons. The molecule has 1 aromatic carbocycles. The standard InChI is InChI=1S/C17H26FNO/c1-4-17(9-5-6-10-17)12-19-13(2)14-7-8-15(18)16(11-14)20-3/h7-8,11,13,19H,4-6,9-10,12H2,1-3H3. The fourth-order valence-electron chi connectivity index (χ4n) is 3.21. The van der Waals surface area contributed by atoms with Crippen LogP contribution in [-0.2, 0) is 0 Å². The molecule has 0 bridgehead atoms. The fourth-order valence-corrected chi connectivity index (χ4v) is 3.21. The first-order valence-corrected chi connectivity index (χ1v) is 7.67. The van der Waals surface area contributed by atoms with E-state index in [1.54, 1.807) is 6.07 Å². The molecule has 0 amide bonds. The molecule has 1 fully saturated rings. The normalized spacial score (nSPS) is 19.0. The third-order valence-electron chi connectivity index (χ3n) is 4.87. The summed E-state index contributed by atoms with van der Waals surface area (Å²) in [5.74, 6) is 0.0199. The number of rotatable bonds is 6. The fraction of sp³-hybridized carbons (Fsp3) is 0.647. The number of halogens is 1. The molecule has 0 aliphatic heterocycles. The molecule has 1 saturated carbocycles. The van der Waals surface area contributed by atoms with Gasteiger partial charge in [-0.1, -0.05) is 25.8 Å². The monoisotopic (exact) mass is 279 g/mol. The zero-order valence-electron chi connectivity index (χ0n) is 12.8. The number of methoxy groups -OCH3 is 1. The largest absolute Gasteiger partial charge is 0.494 e. The maximum atomic E-state index is 13.4. The lowest BCUT2D eigenvalue weighted by Gasteiger charge is -2.30. The van der Waals surface area contributed by atoms with E-state index in [0.29, 0.717) is 11.2 Å². The summed E-state index contributed by atoms with van der Waals surface area (Å²) in [6.45, 7) is 5.47. The molecule has 3 heteroatoms. The zero-order valence-corrected chi connectivity index (χ0v) is 12.8. The third-order valence-corrected chi connectivity index (χ3v) is 4.87. The lowest BCUT2D eigenvalue weighted by Crippen LogP contribution is -2.33. The number of hydrogen-bond acceptors (Lipinski definition) is 2. The van der Waals surface area contributed by atoms with Gasteiger partial charge in [-0.25, -0.2) is 4.39 Å². The second-order valence-electron chi connectivity index (χ2n) is 6.06. The van der Waals surface area contributed by atoms with Crippen molar-refractivity contribution in [1.29, 1.82) is 0 Å². The van der Waals surface area contributed by atoms with Crippen LogP contribution in [0.15, 0.2) is 18.2 Å². The molecule has 1 unspecified atom stereocenters. The van der Waals surface area contributed by atoms with E-state index in [4.69, 9.17) is 4.74 Å². The Kier molecular flexibility index (Phi) is 5.03. The van der Waals surface area contributed by atoms with Gasteiger partial charge in [0.2, 0.25) is 0 Å². The molecule has 1 atom stereocenters. The zero-order chi connectivity index (χ0) is 14.6. The minimum atomic E-state index is -0.302. The maximum absolute atomic E-state index is 13.4. The topological polar surface area (TPSA) is 21.3 Å². The van der Waals surface area contributed by atoms with Gasteiger partial charge in [-0.15, -0.1) is 0 Å². The second-order valence-corrected chi connectivity index (χ2v) is 6.06. The van der Waals surface area contributed by atoms with Crippen LogP contribution in [0.4, 0.5) is 4.39 Å². The molecule has 0 spiro atoms. The van der Waals surface area contributed by atoms with Crippen molar-refractivity contribution < 1.29 is 9.13 Å². The van der Waals surface area contributed by atoms with Gasteiger partial charge in [0.05, 0.1) is 7.11 Å². The van der Waals surface area contributed by atoms with E-state index in [1.807, 2.05) is 6.07 Å². The first-order valence-electron chi connectivity index (χ1n) is 7.67. The highest BCUT2D eigenvalue weighted by molar-refractivity contribution is 5.31. The quantitative estimate of drug-likeness (QED) is 0.830. The molecule has 2 nitrogen and oxygen atoms in total. The van der Waals surface area contributed by atoms with Gasteiger partial charge in [-0.3, -0.25) is 0 Å². The third kappa shape index (κ3) is 3.32. The molecular formula is C17H26FNO. The smallest absolute Gasteiger partial charge is 0.165 e. The molecule has 1 aliphatic carbocycles. The highest BCUT2D eigenvalue weighted by Gasteiger charge is 2.31. The minimum absolute atomic E-state index is 0.216. The van der Waals surface area contributed by atoms with E-state index in [9.17, 15) is 4.39 Å². The van der Waals surface area contributed by atoms with Crippen LogP contribution >= 0.6 is 0 Å². The van der Waals surface area contributed by atoms with Crippen molar-refractivity contribution in [2.75, 3.05) is 13.7 Å². The lowest BCUT2D eigenvalue weighted by atomic mass is 9.83. The summed E-state index contributed by atoms with van der Waals surface area (Å²) < 4.78 is 18.5. The van der Waals surface area contributed by atoms with Crippen molar-refractivity contribution in [1.82, 2.24) is 5.32 Å². The van der Waals surface area contributed by atoms with Crippen LogP contribution in [0.1, 0.15) is 57.6 Å². The molecule has 20 heavy (non-hydrogen) atoms. The molecule has 0 aromatic heterocycles. The van der Waals surface area contributed by atoms with Gasteiger partial charge in [-0.2, -0.15) is 0 Å². The van der Waals surface area contributed by atoms with Crippen molar-refractivity contribution in [2.45, 2.75) is 52.0 Å². The van der Waals surface area contributed by atoms with Crippen LogP contribution in [0.3, 0.4) is 0 Å². The van der Waals surface area contributed by atoms with Crippen LogP contribution in [0, 0.1) is 11.2 Å². The molecule has 0 heterocycles. The Bertz CT molecular complexity index is 441. The van der Waals surface area contributed by atoms with Crippen LogP contribution in [-0.4, -0.2) is 13.7 Å². The average Bonchev–Trinajstić information content (AvgIpc) is 2.95. The molecule has 1 aromatic rings. The average molecular weight is 279 g/mol. The Hall–Kier alpha value is -1.09. The van der Waals surface area contributed by atoms with Crippen LogP contribution in [0.5, 0.6) is 5.75 Å². The summed E-state index contributed by atoms with van der Waals surface area (Å²) >= 11 is 0. The minimum Gasteiger partial charge on any atom is -0.494 e. The summed E-state index contributed by atoms with van der Waals surface area (Å²) in [7, 11) is 1.50. The summed E-state index contributed by atoms with van der Waals surface area (Å²) in [5, 5.41) is 3.63. The molecular weight excluding hydrogens is 253 g/mol. The van der Waals surface area contributed by atoms with Crippen LogP contribution < -0.4 is 10.1 Å². The summed E-state index contributed by atoms with van der Waals surface area (Å²) in [5.41, 5.74) is 1.55. The number of nitrogens with one attached hydrogen (secondary N) is 1. The van der Waals surface area contributed by atoms with E-state index < -0.39 is 0 Å². The molecule has 2 rings (SSSR count). The van der Waals surface area contributed by atoms with E-state index in [0.717, 1.165) is 12.1 Å². The van der Waals surface area contributed by atoms with Crippen molar-refractivity contribution in [3.8, 4) is 5.75 Å². The van der Waals surface area contributed by atoms with Crippen molar-refractivity contribution in [3.05, 3.63) is 29.6 Å². The highest BCUT2D eigenvalue weighted by Crippen LogP contribution is 2.40. The van der Waals surface area contributed by atoms with E-state index in [-0.39, 0.29) is 11.9 Å². The van der Waals surface area contributed by atoms with Gasteiger partial charge in [0, 0.05) is 12.6 Å². The van der Waals surface area contributed by atoms with Crippen LogP contribution in [0.25, 0.3) is 0 Å². The van der Waals surface area contributed by atoms with E-state index in [2.05, 4.69) is 19.2 Å². The van der Waals surface area contributed by atoms with E-state index in [1.165, 1.54) is 45.3 Å². The van der Waals surface area contributed by atoms with Gasteiger partial charge in [0.15, 0.2) is 11.6 Å². The number of ether oxygens (including phenoxy) is 1. The molecule has 1 N–H and O–H groups in total. The Labute approximate surface area is 121 Å². The summed E-state index contributed by atoms with van der Waals surface area (Å²) in [6.07, 6.45) is 6.61. The molecule has 0 saturated heterocycles. The lowest BCUT2D eigenvalue weighted by molar-refractivity contribution is 0.258. The van der Waals surface area contributed by atoms with Crippen molar-refractivity contribution in [3.63, 3.8) is 0 Å². The maximum Gasteiger partial charge on any atom is 0.165 e. The van der Waals surface area contributed by atoms with Gasteiger partial charge in [-0.05, 0) is 49.3 Å². The Balaban J connectivity index is 1.99. The Morgan fingerprint density at radius 2 is 2.05 bits per heavy atom. The SMILES string of the molecule is CCC1(CNC(C)c2ccc(F)c(OC)c2)CCCC1. The number of hydrogen-bond donors (Lipinski definition) is 1. The predicted molar refractivity (Wildman–Crippen MR) is 80.6 cm³/mol. The first kappa shape index (κ1) is 15.3.